The molecule has 4 nitrogen and oxygen atoms in total. The normalized spacial score (nSPS) is 12.2. The van der Waals surface area contributed by atoms with Crippen molar-refractivity contribution in [1.29, 1.82) is 0 Å². The molecule has 0 spiro atoms. The minimum Gasteiger partial charge on any atom is -0.199 e. The van der Waals surface area contributed by atoms with Crippen LogP contribution in [0.15, 0.2) is 51.1 Å². The Morgan fingerprint density at radius 1 is 1.20 bits per heavy atom. The Balaban J connectivity index is 2.03. The molecule has 106 valence electrons. The van der Waals surface area contributed by atoms with Gasteiger partial charge in [-0.1, -0.05) is 44.2 Å². The van der Waals surface area contributed by atoms with Gasteiger partial charge in [-0.15, -0.1) is 11.3 Å². The lowest BCUT2D eigenvalue weighted by atomic mass is 10.0. The average molecular weight is 308 g/mol. The summed E-state index contributed by atoms with van der Waals surface area (Å²) in [6.45, 7) is 4.25. The van der Waals surface area contributed by atoms with E-state index in [0.29, 0.717) is 5.92 Å². The quantitative estimate of drug-likeness (QED) is 0.681. The molecule has 1 aromatic carbocycles. The molecule has 2 rings (SSSR count). The SMILES string of the molecule is CC(C)c1ccc(/C=N/NS(=O)(=O)c2cccs2)cc1. The van der Waals surface area contributed by atoms with Crippen LogP contribution in [0.3, 0.4) is 0 Å². The third-order valence-corrected chi connectivity index (χ3v) is 5.37. The summed E-state index contributed by atoms with van der Waals surface area (Å²) in [6, 6.07) is 11.1. The van der Waals surface area contributed by atoms with Gasteiger partial charge in [-0.3, -0.25) is 0 Å². The van der Waals surface area contributed by atoms with Gasteiger partial charge in [-0.25, -0.2) is 0 Å². The Labute approximate surface area is 123 Å². The lowest BCUT2D eigenvalue weighted by molar-refractivity contribution is 0.587. The van der Waals surface area contributed by atoms with Crippen molar-refractivity contribution in [3.05, 3.63) is 52.9 Å². The maximum absolute atomic E-state index is 11.8. The third kappa shape index (κ3) is 3.68. The van der Waals surface area contributed by atoms with Crippen molar-refractivity contribution in [1.82, 2.24) is 4.83 Å². The molecule has 0 aliphatic carbocycles. The van der Waals surface area contributed by atoms with E-state index in [2.05, 4.69) is 23.8 Å². The van der Waals surface area contributed by atoms with Gasteiger partial charge in [0.15, 0.2) is 0 Å². The second-order valence-corrected chi connectivity index (χ2v) is 7.44. The molecule has 0 amide bonds. The fourth-order valence-electron chi connectivity index (χ4n) is 1.60. The van der Waals surface area contributed by atoms with Gasteiger partial charge in [-0.05, 0) is 28.5 Å². The first-order valence-electron chi connectivity index (χ1n) is 6.17. The van der Waals surface area contributed by atoms with Gasteiger partial charge in [0, 0.05) is 0 Å². The number of hydrogen-bond acceptors (Lipinski definition) is 4. The van der Waals surface area contributed by atoms with E-state index in [1.165, 1.54) is 11.8 Å². The standard InChI is InChI=1S/C14H16N2O2S2/c1-11(2)13-7-5-12(6-8-13)10-15-16-20(17,18)14-4-3-9-19-14/h3-11,16H,1-2H3/b15-10+. The van der Waals surface area contributed by atoms with Crippen LogP contribution in [0.2, 0.25) is 0 Å². The van der Waals surface area contributed by atoms with Gasteiger partial charge in [-0.2, -0.15) is 18.4 Å². The van der Waals surface area contributed by atoms with Crippen molar-refractivity contribution < 1.29 is 8.42 Å². The Bertz CT molecular complexity index is 672. The zero-order valence-electron chi connectivity index (χ0n) is 11.3. The van der Waals surface area contributed by atoms with E-state index in [4.69, 9.17) is 0 Å². The largest absolute Gasteiger partial charge is 0.286 e. The zero-order chi connectivity index (χ0) is 14.6. The minimum atomic E-state index is -3.54. The van der Waals surface area contributed by atoms with Gasteiger partial charge >= 0.3 is 0 Å². The molecule has 0 aliphatic rings. The molecule has 0 saturated heterocycles. The summed E-state index contributed by atoms with van der Waals surface area (Å²) in [5, 5.41) is 5.50. The molecule has 0 unspecified atom stereocenters. The van der Waals surface area contributed by atoms with Crippen LogP contribution in [-0.2, 0) is 10.0 Å². The lowest BCUT2D eigenvalue weighted by Crippen LogP contribution is -2.17. The first kappa shape index (κ1) is 14.7. The summed E-state index contributed by atoms with van der Waals surface area (Å²) in [5.74, 6) is 0.471. The predicted octanol–water partition coefficient (Wildman–Crippen LogP) is 3.18. The van der Waals surface area contributed by atoms with Crippen molar-refractivity contribution in [3.8, 4) is 0 Å². The van der Waals surface area contributed by atoms with E-state index < -0.39 is 10.0 Å². The summed E-state index contributed by atoms with van der Waals surface area (Å²) in [7, 11) is -3.54. The predicted molar refractivity (Wildman–Crippen MR) is 82.8 cm³/mol. The second kappa shape index (κ2) is 6.19. The van der Waals surface area contributed by atoms with Crippen LogP contribution < -0.4 is 4.83 Å². The van der Waals surface area contributed by atoms with Crippen LogP contribution in [0.5, 0.6) is 0 Å². The molecular weight excluding hydrogens is 292 g/mol. The van der Waals surface area contributed by atoms with E-state index >= 15 is 0 Å². The summed E-state index contributed by atoms with van der Waals surface area (Å²) in [5.41, 5.74) is 2.09. The Hall–Kier alpha value is -1.66. The van der Waals surface area contributed by atoms with E-state index in [1.807, 2.05) is 24.3 Å². The molecule has 20 heavy (non-hydrogen) atoms. The molecule has 0 aliphatic heterocycles. The fourth-order valence-corrected chi connectivity index (χ4v) is 3.37. The lowest BCUT2D eigenvalue weighted by Gasteiger charge is -2.04. The molecule has 0 bridgehead atoms. The summed E-state index contributed by atoms with van der Waals surface area (Å²) < 4.78 is 23.9. The summed E-state index contributed by atoms with van der Waals surface area (Å²) in [6.07, 6.45) is 1.50. The molecule has 0 fully saturated rings. The van der Waals surface area contributed by atoms with Crippen LogP contribution in [0.1, 0.15) is 30.9 Å². The number of benzene rings is 1. The van der Waals surface area contributed by atoms with Crippen molar-refractivity contribution in [2.45, 2.75) is 24.0 Å². The van der Waals surface area contributed by atoms with Crippen LogP contribution in [-0.4, -0.2) is 14.6 Å². The molecule has 6 heteroatoms. The second-order valence-electron chi connectivity index (χ2n) is 4.61. The number of hydrogen-bond donors (Lipinski definition) is 1. The van der Waals surface area contributed by atoms with Crippen molar-refractivity contribution in [2.75, 3.05) is 0 Å². The van der Waals surface area contributed by atoms with Crippen LogP contribution in [0.25, 0.3) is 0 Å². The topological polar surface area (TPSA) is 58.5 Å². The van der Waals surface area contributed by atoms with Gasteiger partial charge in [0.25, 0.3) is 10.0 Å². The zero-order valence-corrected chi connectivity index (χ0v) is 12.9. The summed E-state index contributed by atoms with van der Waals surface area (Å²) >= 11 is 1.16. The van der Waals surface area contributed by atoms with Gasteiger partial charge in [0.1, 0.15) is 4.21 Å². The molecular formula is C14H16N2O2S2. The molecule has 0 radical (unpaired) electrons. The Kier molecular flexibility index (Phi) is 4.57. The minimum absolute atomic E-state index is 0.254. The molecule has 1 N–H and O–H groups in total. The van der Waals surface area contributed by atoms with E-state index in [0.717, 1.165) is 16.9 Å². The summed E-state index contributed by atoms with van der Waals surface area (Å²) in [4.78, 5) is 2.20. The third-order valence-electron chi connectivity index (χ3n) is 2.75. The smallest absolute Gasteiger partial charge is 0.199 e. The van der Waals surface area contributed by atoms with Crippen LogP contribution >= 0.6 is 11.3 Å². The molecule has 1 heterocycles. The van der Waals surface area contributed by atoms with Crippen LogP contribution in [0.4, 0.5) is 0 Å². The maximum Gasteiger partial charge on any atom is 0.286 e. The van der Waals surface area contributed by atoms with E-state index in [9.17, 15) is 8.42 Å². The average Bonchev–Trinajstić information content (AvgIpc) is 2.94. The van der Waals surface area contributed by atoms with E-state index in [1.54, 1.807) is 17.5 Å². The first-order valence-corrected chi connectivity index (χ1v) is 8.53. The number of sulfonamides is 1. The molecule has 1 aromatic heterocycles. The number of rotatable bonds is 5. The molecule has 2 aromatic rings. The highest BCUT2D eigenvalue weighted by Gasteiger charge is 2.12. The van der Waals surface area contributed by atoms with Crippen molar-refractivity contribution in [2.24, 2.45) is 5.10 Å². The molecule has 0 saturated carbocycles. The molecule has 0 atom stereocenters. The van der Waals surface area contributed by atoms with Crippen molar-refractivity contribution >= 4 is 27.6 Å². The number of nitrogens with one attached hydrogen (secondary N) is 1. The first-order chi connectivity index (χ1) is 9.49. The monoisotopic (exact) mass is 308 g/mol. The Morgan fingerprint density at radius 3 is 2.45 bits per heavy atom. The Morgan fingerprint density at radius 2 is 1.90 bits per heavy atom. The number of hydrazone groups is 1. The number of nitrogens with zero attached hydrogens (tertiary/aromatic N) is 1. The van der Waals surface area contributed by atoms with Crippen molar-refractivity contribution in [3.63, 3.8) is 0 Å². The highest BCUT2D eigenvalue weighted by atomic mass is 32.2. The van der Waals surface area contributed by atoms with Gasteiger partial charge in [0.05, 0.1) is 6.21 Å². The van der Waals surface area contributed by atoms with Crippen LogP contribution in [0, 0.1) is 0 Å². The van der Waals surface area contributed by atoms with Gasteiger partial charge in [0.2, 0.25) is 0 Å². The highest BCUT2D eigenvalue weighted by molar-refractivity contribution is 7.91. The maximum atomic E-state index is 11.8. The number of thiophene rings is 1. The fraction of sp³-hybridized carbons (Fsp3) is 0.214. The van der Waals surface area contributed by atoms with E-state index in [-0.39, 0.29) is 4.21 Å². The van der Waals surface area contributed by atoms with Gasteiger partial charge < -0.3 is 0 Å². The highest BCUT2D eigenvalue weighted by Crippen LogP contribution is 2.15.